The van der Waals surface area contributed by atoms with E-state index in [1.54, 1.807) is 0 Å². The number of carboxylic acids is 1. The highest BCUT2D eigenvalue weighted by atomic mass is 19.4. The van der Waals surface area contributed by atoms with Crippen LogP contribution in [0.25, 0.3) is 0 Å². The number of carbonyl (C=O) groups is 2. The summed E-state index contributed by atoms with van der Waals surface area (Å²) in [6, 6.07) is 4.41. The van der Waals surface area contributed by atoms with Gasteiger partial charge in [0.25, 0.3) is 0 Å². The first-order chi connectivity index (χ1) is 9.77. The molecule has 1 fully saturated rings. The van der Waals surface area contributed by atoms with E-state index in [1.165, 1.54) is 12.1 Å². The highest BCUT2D eigenvalue weighted by molar-refractivity contribution is 5.81. The van der Waals surface area contributed by atoms with Crippen LogP contribution in [0.2, 0.25) is 0 Å². The predicted octanol–water partition coefficient (Wildman–Crippen LogP) is 3.63. The van der Waals surface area contributed by atoms with Crippen molar-refractivity contribution in [3.63, 3.8) is 0 Å². The number of hydrogen-bond acceptors (Lipinski definition) is 2. The molecule has 3 nitrogen and oxygen atoms in total. The zero-order valence-corrected chi connectivity index (χ0v) is 11.2. The Morgan fingerprint density at radius 2 is 2.10 bits per heavy atom. The molecule has 0 spiro atoms. The average Bonchev–Trinajstić information content (AvgIpc) is 2.80. The number of ketones is 1. The number of halogens is 3. The molecule has 0 bridgehead atoms. The highest BCUT2D eigenvalue weighted by Crippen LogP contribution is 2.35. The zero-order chi connectivity index (χ0) is 15.6. The van der Waals surface area contributed by atoms with E-state index in [2.05, 4.69) is 0 Å². The number of rotatable bonds is 4. The molecule has 1 unspecified atom stereocenters. The molecule has 0 saturated heterocycles. The Hall–Kier alpha value is -1.85. The molecule has 1 N–H and O–H groups in total. The van der Waals surface area contributed by atoms with Crippen molar-refractivity contribution in [2.45, 2.75) is 37.8 Å². The van der Waals surface area contributed by atoms with Crippen LogP contribution < -0.4 is 0 Å². The second-order valence-corrected chi connectivity index (χ2v) is 5.40. The molecule has 1 saturated carbocycles. The topological polar surface area (TPSA) is 54.4 Å². The molecular formula is C15H15F3O3. The standard InChI is InChI=1S/C15H15F3O3/c16-15(17,18)11-3-1-2-10(8-11)13(14(20)21)7-9-4-5-12(19)6-9/h1-3,8-9,13H,4-7H2,(H,20,21)/t9-,13?/m0/s1. The third-order valence-corrected chi connectivity index (χ3v) is 3.83. The van der Waals surface area contributed by atoms with Gasteiger partial charge in [0, 0.05) is 12.8 Å². The summed E-state index contributed by atoms with van der Waals surface area (Å²) in [5.74, 6) is -2.14. The minimum atomic E-state index is -4.50. The summed E-state index contributed by atoms with van der Waals surface area (Å²) in [5, 5.41) is 9.28. The molecule has 0 heterocycles. The Balaban J connectivity index is 2.22. The normalized spacial score (nSPS) is 20.5. The molecule has 2 rings (SSSR count). The first-order valence-corrected chi connectivity index (χ1v) is 6.69. The second-order valence-electron chi connectivity index (χ2n) is 5.40. The van der Waals surface area contributed by atoms with Gasteiger partial charge in [0.1, 0.15) is 5.78 Å². The van der Waals surface area contributed by atoms with Crippen LogP contribution in [0.4, 0.5) is 13.2 Å². The van der Waals surface area contributed by atoms with Crippen molar-refractivity contribution in [2.24, 2.45) is 5.92 Å². The minimum absolute atomic E-state index is 0.0619. The van der Waals surface area contributed by atoms with Gasteiger partial charge in [-0.05, 0) is 30.4 Å². The van der Waals surface area contributed by atoms with Crippen molar-refractivity contribution in [2.75, 3.05) is 0 Å². The van der Waals surface area contributed by atoms with E-state index in [1.807, 2.05) is 0 Å². The fourth-order valence-electron chi connectivity index (χ4n) is 2.74. The maximum absolute atomic E-state index is 12.7. The number of benzene rings is 1. The van der Waals surface area contributed by atoms with Crippen molar-refractivity contribution in [1.82, 2.24) is 0 Å². The zero-order valence-electron chi connectivity index (χ0n) is 11.2. The Labute approximate surface area is 119 Å². The van der Waals surface area contributed by atoms with Crippen LogP contribution in [0.5, 0.6) is 0 Å². The Bertz CT molecular complexity index is 551. The van der Waals surface area contributed by atoms with Gasteiger partial charge >= 0.3 is 12.1 Å². The molecule has 0 radical (unpaired) electrons. The second kappa shape index (κ2) is 5.87. The molecule has 114 valence electrons. The van der Waals surface area contributed by atoms with Crippen molar-refractivity contribution in [3.05, 3.63) is 35.4 Å². The van der Waals surface area contributed by atoms with Gasteiger partial charge in [-0.3, -0.25) is 9.59 Å². The van der Waals surface area contributed by atoms with E-state index in [0.29, 0.717) is 19.3 Å². The van der Waals surface area contributed by atoms with Gasteiger partial charge in [-0.25, -0.2) is 0 Å². The molecule has 1 aromatic carbocycles. The number of carboxylic acid groups (broad SMARTS) is 1. The van der Waals surface area contributed by atoms with Crippen LogP contribution in [-0.2, 0) is 15.8 Å². The lowest BCUT2D eigenvalue weighted by molar-refractivity contribution is -0.140. The molecule has 0 aromatic heterocycles. The molecule has 1 aliphatic rings. The summed E-state index contributed by atoms with van der Waals surface area (Å²) in [6.45, 7) is 0. The highest BCUT2D eigenvalue weighted by Gasteiger charge is 2.33. The number of aliphatic carboxylic acids is 1. The molecular weight excluding hydrogens is 285 g/mol. The Kier molecular flexibility index (Phi) is 4.34. The third kappa shape index (κ3) is 3.83. The summed E-state index contributed by atoms with van der Waals surface area (Å²) >= 11 is 0. The maximum atomic E-state index is 12.7. The van der Waals surface area contributed by atoms with Crippen LogP contribution in [0.15, 0.2) is 24.3 Å². The Morgan fingerprint density at radius 3 is 2.62 bits per heavy atom. The SMILES string of the molecule is O=C1CC[C@H](CC(C(=O)O)c2cccc(C(F)(F)F)c2)C1. The lowest BCUT2D eigenvalue weighted by Gasteiger charge is -2.18. The van der Waals surface area contributed by atoms with Crippen molar-refractivity contribution < 1.29 is 27.9 Å². The van der Waals surface area contributed by atoms with Gasteiger partial charge < -0.3 is 5.11 Å². The van der Waals surface area contributed by atoms with E-state index in [-0.39, 0.29) is 23.7 Å². The Morgan fingerprint density at radius 1 is 1.38 bits per heavy atom. The summed E-state index contributed by atoms with van der Waals surface area (Å²) < 4.78 is 38.1. The molecule has 0 amide bonds. The summed E-state index contributed by atoms with van der Waals surface area (Å²) in [6.07, 6.45) is -2.94. The van der Waals surface area contributed by atoms with Crippen LogP contribution >= 0.6 is 0 Å². The fourth-order valence-corrected chi connectivity index (χ4v) is 2.74. The van der Waals surface area contributed by atoms with E-state index in [4.69, 9.17) is 0 Å². The van der Waals surface area contributed by atoms with E-state index in [9.17, 15) is 27.9 Å². The summed E-state index contributed by atoms with van der Waals surface area (Å²) in [7, 11) is 0. The van der Waals surface area contributed by atoms with Crippen LogP contribution in [0.1, 0.15) is 42.7 Å². The molecule has 0 aliphatic heterocycles. The number of Topliss-reactive ketones (excluding diaryl/α,β-unsaturated/α-hetero) is 1. The molecule has 6 heteroatoms. The molecule has 2 atom stereocenters. The fraction of sp³-hybridized carbons (Fsp3) is 0.467. The lowest BCUT2D eigenvalue weighted by atomic mass is 9.87. The van der Waals surface area contributed by atoms with E-state index < -0.39 is 23.6 Å². The van der Waals surface area contributed by atoms with Crippen LogP contribution in [0.3, 0.4) is 0 Å². The first-order valence-electron chi connectivity index (χ1n) is 6.69. The first kappa shape index (κ1) is 15.5. The monoisotopic (exact) mass is 300 g/mol. The third-order valence-electron chi connectivity index (χ3n) is 3.83. The minimum Gasteiger partial charge on any atom is -0.481 e. The van der Waals surface area contributed by atoms with Crippen LogP contribution in [0, 0.1) is 5.92 Å². The number of carbonyl (C=O) groups excluding carboxylic acids is 1. The molecule has 21 heavy (non-hydrogen) atoms. The van der Waals surface area contributed by atoms with Gasteiger partial charge in [-0.15, -0.1) is 0 Å². The van der Waals surface area contributed by atoms with E-state index >= 15 is 0 Å². The maximum Gasteiger partial charge on any atom is 0.416 e. The van der Waals surface area contributed by atoms with Crippen molar-refractivity contribution in [1.29, 1.82) is 0 Å². The van der Waals surface area contributed by atoms with Gasteiger partial charge in [0.05, 0.1) is 11.5 Å². The quantitative estimate of drug-likeness (QED) is 0.923. The van der Waals surface area contributed by atoms with Crippen LogP contribution in [-0.4, -0.2) is 16.9 Å². The summed E-state index contributed by atoms with van der Waals surface area (Å²) in [4.78, 5) is 22.6. The number of alkyl halides is 3. The molecule has 1 aliphatic carbocycles. The van der Waals surface area contributed by atoms with Gasteiger partial charge in [-0.2, -0.15) is 13.2 Å². The lowest BCUT2D eigenvalue weighted by Crippen LogP contribution is -2.16. The van der Waals surface area contributed by atoms with Crippen molar-refractivity contribution >= 4 is 11.8 Å². The van der Waals surface area contributed by atoms with Gasteiger partial charge in [-0.1, -0.05) is 18.2 Å². The van der Waals surface area contributed by atoms with E-state index in [0.717, 1.165) is 12.1 Å². The molecule has 1 aromatic rings. The summed E-state index contributed by atoms with van der Waals surface area (Å²) in [5.41, 5.74) is -0.717. The largest absolute Gasteiger partial charge is 0.481 e. The van der Waals surface area contributed by atoms with Gasteiger partial charge in [0.2, 0.25) is 0 Å². The van der Waals surface area contributed by atoms with Gasteiger partial charge in [0.15, 0.2) is 0 Å². The smallest absolute Gasteiger partial charge is 0.416 e. The average molecular weight is 300 g/mol. The predicted molar refractivity (Wildman–Crippen MR) is 68.8 cm³/mol. The van der Waals surface area contributed by atoms with Crippen molar-refractivity contribution in [3.8, 4) is 0 Å². The number of hydrogen-bond donors (Lipinski definition) is 1.